The molecule has 2 aliphatic rings. The van der Waals surface area contributed by atoms with Crippen molar-refractivity contribution in [2.45, 2.75) is 19.8 Å². The van der Waals surface area contributed by atoms with Crippen LogP contribution in [-0.4, -0.2) is 72.3 Å². The molecule has 3 rings (SSSR count). The Morgan fingerprint density at radius 2 is 1.50 bits per heavy atom. The number of piperazine rings is 1. The molecular weight excluding hydrogens is 326 g/mol. The number of piperidine rings is 1. The van der Waals surface area contributed by atoms with Crippen LogP contribution in [-0.2, 0) is 9.59 Å². The quantitative estimate of drug-likeness (QED) is 0.780. The molecule has 1 aromatic rings. The van der Waals surface area contributed by atoms with Crippen molar-refractivity contribution < 1.29 is 9.59 Å². The number of carbonyl (C=O) groups is 2. The number of carbonyl (C=O) groups excluding carboxylic acids is 2. The maximum atomic E-state index is 12.5. The highest BCUT2D eigenvalue weighted by Crippen LogP contribution is 2.16. The first-order valence-corrected chi connectivity index (χ1v) is 9.65. The summed E-state index contributed by atoms with van der Waals surface area (Å²) in [6.45, 7) is 7.41. The Labute approximate surface area is 156 Å². The first kappa shape index (κ1) is 18.6. The molecule has 0 atom stereocenters. The van der Waals surface area contributed by atoms with E-state index in [0.29, 0.717) is 19.0 Å². The van der Waals surface area contributed by atoms with Gasteiger partial charge in [-0.1, -0.05) is 49.4 Å². The number of rotatable bonds is 3. The van der Waals surface area contributed by atoms with Gasteiger partial charge < -0.3 is 9.80 Å². The number of hydrogen-bond acceptors (Lipinski definition) is 3. The summed E-state index contributed by atoms with van der Waals surface area (Å²) in [5, 5.41) is 0. The molecule has 2 saturated heterocycles. The molecule has 2 aliphatic heterocycles. The van der Waals surface area contributed by atoms with Crippen LogP contribution in [0.15, 0.2) is 36.4 Å². The van der Waals surface area contributed by atoms with Crippen molar-refractivity contribution in [1.29, 1.82) is 0 Å². The third-order valence-electron chi connectivity index (χ3n) is 5.39. The Bertz CT molecular complexity index is 628. The van der Waals surface area contributed by atoms with Crippen LogP contribution >= 0.6 is 0 Å². The lowest BCUT2D eigenvalue weighted by molar-refractivity contribution is -0.153. The van der Waals surface area contributed by atoms with Gasteiger partial charge in [-0.25, -0.2) is 0 Å². The van der Waals surface area contributed by atoms with Crippen molar-refractivity contribution >= 4 is 17.9 Å². The summed E-state index contributed by atoms with van der Waals surface area (Å²) >= 11 is 0. The van der Waals surface area contributed by atoms with E-state index in [1.807, 2.05) is 18.2 Å². The molecule has 0 aromatic heterocycles. The molecule has 0 aliphatic carbocycles. The maximum Gasteiger partial charge on any atom is 0.312 e. The van der Waals surface area contributed by atoms with Crippen LogP contribution < -0.4 is 0 Å². The molecule has 1 aromatic carbocycles. The molecule has 0 spiro atoms. The molecule has 0 unspecified atom stereocenters. The number of benzene rings is 1. The minimum atomic E-state index is -0.320. The number of amides is 2. The summed E-state index contributed by atoms with van der Waals surface area (Å²) in [5.74, 6) is 0.0231. The van der Waals surface area contributed by atoms with Gasteiger partial charge in [0.1, 0.15) is 0 Å². The lowest BCUT2D eigenvalue weighted by Crippen LogP contribution is -2.54. The number of hydrogen-bond donors (Lipinski definition) is 0. The van der Waals surface area contributed by atoms with Gasteiger partial charge in [0.15, 0.2) is 0 Å². The van der Waals surface area contributed by atoms with Gasteiger partial charge in [0.2, 0.25) is 0 Å². The first-order chi connectivity index (χ1) is 12.6. The lowest BCUT2D eigenvalue weighted by atomic mass is 9.99. The van der Waals surface area contributed by atoms with Crippen molar-refractivity contribution in [3.8, 4) is 0 Å². The summed E-state index contributed by atoms with van der Waals surface area (Å²) < 4.78 is 0. The molecule has 5 nitrogen and oxygen atoms in total. The molecule has 2 heterocycles. The Hall–Kier alpha value is -2.14. The molecule has 2 amide bonds. The van der Waals surface area contributed by atoms with Gasteiger partial charge >= 0.3 is 11.8 Å². The fourth-order valence-corrected chi connectivity index (χ4v) is 3.52. The van der Waals surface area contributed by atoms with E-state index in [9.17, 15) is 9.59 Å². The minimum absolute atomic E-state index is 0.311. The zero-order valence-corrected chi connectivity index (χ0v) is 15.6. The summed E-state index contributed by atoms with van der Waals surface area (Å²) in [4.78, 5) is 30.7. The average Bonchev–Trinajstić information content (AvgIpc) is 2.69. The summed E-state index contributed by atoms with van der Waals surface area (Å²) in [5.41, 5.74) is 1.20. The van der Waals surface area contributed by atoms with Crippen LogP contribution in [0.25, 0.3) is 6.08 Å². The third-order valence-corrected chi connectivity index (χ3v) is 5.39. The number of likely N-dealkylation sites (tertiary alicyclic amines) is 1. The summed E-state index contributed by atoms with van der Waals surface area (Å²) in [7, 11) is 0. The van der Waals surface area contributed by atoms with Crippen molar-refractivity contribution in [1.82, 2.24) is 14.7 Å². The van der Waals surface area contributed by atoms with Crippen molar-refractivity contribution in [3.05, 3.63) is 42.0 Å². The van der Waals surface area contributed by atoms with E-state index in [-0.39, 0.29) is 11.8 Å². The topological polar surface area (TPSA) is 43.9 Å². The predicted octanol–water partition coefficient (Wildman–Crippen LogP) is 2.10. The van der Waals surface area contributed by atoms with Gasteiger partial charge in [-0.3, -0.25) is 14.5 Å². The number of nitrogens with zero attached hydrogens (tertiary/aromatic N) is 3. The van der Waals surface area contributed by atoms with Gasteiger partial charge in [-0.05, 0) is 24.3 Å². The molecule has 140 valence electrons. The zero-order valence-electron chi connectivity index (χ0n) is 15.6. The monoisotopic (exact) mass is 355 g/mol. The summed E-state index contributed by atoms with van der Waals surface area (Å²) in [6, 6.07) is 10.2. The van der Waals surface area contributed by atoms with E-state index in [1.165, 1.54) is 5.56 Å². The molecule has 2 fully saturated rings. The largest absolute Gasteiger partial charge is 0.334 e. The molecule has 0 N–H and O–H groups in total. The van der Waals surface area contributed by atoms with Gasteiger partial charge in [0.05, 0.1) is 0 Å². The van der Waals surface area contributed by atoms with Crippen LogP contribution in [0.4, 0.5) is 0 Å². The van der Waals surface area contributed by atoms with E-state index in [4.69, 9.17) is 0 Å². The van der Waals surface area contributed by atoms with Gasteiger partial charge in [0, 0.05) is 45.8 Å². The van der Waals surface area contributed by atoms with Crippen LogP contribution in [0.3, 0.4) is 0 Å². The van der Waals surface area contributed by atoms with Crippen molar-refractivity contribution in [3.63, 3.8) is 0 Å². The van der Waals surface area contributed by atoms with Crippen LogP contribution in [0.1, 0.15) is 25.3 Å². The van der Waals surface area contributed by atoms with Crippen molar-refractivity contribution in [2.75, 3.05) is 45.8 Å². The Kier molecular flexibility index (Phi) is 6.45. The SMILES string of the molecule is CC1CCN(C(=O)C(=O)N2CCN(C/C=C/c3ccccc3)CC2)CC1. The van der Waals surface area contributed by atoms with Gasteiger partial charge in [-0.2, -0.15) is 0 Å². The second-order valence-electron chi connectivity index (χ2n) is 7.38. The van der Waals surface area contributed by atoms with E-state index < -0.39 is 0 Å². The van der Waals surface area contributed by atoms with E-state index in [1.54, 1.807) is 9.80 Å². The molecule has 5 heteroatoms. The minimum Gasteiger partial charge on any atom is -0.334 e. The van der Waals surface area contributed by atoms with Crippen LogP contribution in [0.5, 0.6) is 0 Å². The highest BCUT2D eigenvalue weighted by Gasteiger charge is 2.30. The molecule has 0 bridgehead atoms. The summed E-state index contributed by atoms with van der Waals surface area (Å²) in [6.07, 6.45) is 6.28. The molecule has 26 heavy (non-hydrogen) atoms. The van der Waals surface area contributed by atoms with Gasteiger partial charge in [-0.15, -0.1) is 0 Å². The van der Waals surface area contributed by atoms with Crippen molar-refractivity contribution in [2.24, 2.45) is 5.92 Å². The zero-order chi connectivity index (χ0) is 18.4. The Morgan fingerprint density at radius 3 is 2.12 bits per heavy atom. The fourth-order valence-electron chi connectivity index (χ4n) is 3.52. The van der Waals surface area contributed by atoms with Crippen LogP contribution in [0.2, 0.25) is 0 Å². The molecule has 0 saturated carbocycles. The highest BCUT2D eigenvalue weighted by atomic mass is 16.2. The van der Waals surface area contributed by atoms with E-state index >= 15 is 0 Å². The second-order valence-corrected chi connectivity index (χ2v) is 7.38. The average molecular weight is 355 g/mol. The highest BCUT2D eigenvalue weighted by molar-refractivity contribution is 6.34. The van der Waals surface area contributed by atoms with E-state index in [0.717, 1.165) is 45.6 Å². The maximum absolute atomic E-state index is 12.5. The van der Waals surface area contributed by atoms with Crippen LogP contribution in [0, 0.1) is 5.92 Å². The normalized spacial score (nSPS) is 19.9. The van der Waals surface area contributed by atoms with Gasteiger partial charge in [0.25, 0.3) is 0 Å². The Balaban J connectivity index is 1.42. The fraction of sp³-hybridized carbons (Fsp3) is 0.524. The predicted molar refractivity (Wildman–Crippen MR) is 103 cm³/mol. The third kappa shape index (κ3) is 4.94. The first-order valence-electron chi connectivity index (χ1n) is 9.65. The Morgan fingerprint density at radius 1 is 0.923 bits per heavy atom. The smallest absolute Gasteiger partial charge is 0.312 e. The standard InChI is InChI=1S/C21H29N3O2/c1-18-9-12-23(13-10-18)20(25)21(26)24-16-14-22(15-17-24)11-5-8-19-6-3-2-4-7-19/h2-8,18H,9-17H2,1H3/b8-5+. The second kappa shape index (κ2) is 8.99. The lowest BCUT2D eigenvalue weighted by Gasteiger charge is -2.36. The van der Waals surface area contributed by atoms with E-state index in [2.05, 4.69) is 36.1 Å². The molecular formula is C21H29N3O2. The molecule has 0 radical (unpaired) electrons.